The van der Waals surface area contributed by atoms with Gasteiger partial charge in [-0.2, -0.15) is 0 Å². The number of ether oxygens (including phenoxy) is 2. The minimum Gasteiger partial charge on any atom is -0.461 e. The van der Waals surface area contributed by atoms with E-state index in [1.807, 2.05) is 58.0 Å². The number of likely N-dealkylation sites (N-methyl/N-ethyl adjacent to an activating group) is 1. The van der Waals surface area contributed by atoms with Crippen LogP contribution in [-0.4, -0.2) is 65.4 Å². The van der Waals surface area contributed by atoms with E-state index < -0.39 is 24.0 Å². The second-order valence-corrected chi connectivity index (χ2v) is 14.2. The van der Waals surface area contributed by atoms with Crippen LogP contribution in [0.3, 0.4) is 0 Å². The highest BCUT2D eigenvalue weighted by Crippen LogP contribution is 2.31. The number of hydrogen-bond acceptors (Lipinski definition) is 9. The largest absolute Gasteiger partial charge is 0.461 e. The summed E-state index contributed by atoms with van der Waals surface area (Å²) in [6, 6.07) is 8.42. The number of carbonyl (C=O) groups is 4. The number of amides is 2. The number of unbranched alkanes of at least 4 members (excludes halogenated alkanes) is 2. The molecule has 0 aliphatic heterocycles. The van der Waals surface area contributed by atoms with Crippen LogP contribution in [0.4, 0.5) is 0 Å². The SMILES string of the molecule is C=CCOC(=O)[C@@H](C)C[C@H](Cc1ccccc1)NC(=O)c1csc([C@@H](C[C@H](C(C)C)N(C)C(=O)[C@@H](N)[C@@H](C)CC)OC(=O)CCCCC)n1. The maximum Gasteiger partial charge on any atom is 0.309 e. The molecule has 0 spiro atoms. The minimum atomic E-state index is -0.761. The van der Waals surface area contributed by atoms with Crippen molar-refractivity contribution in [2.45, 2.75) is 117 Å². The average Bonchev–Trinajstić information content (AvgIpc) is 3.58. The lowest BCUT2D eigenvalue weighted by molar-refractivity contribution is -0.151. The maximum atomic E-state index is 13.6. The molecule has 0 saturated heterocycles. The van der Waals surface area contributed by atoms with Gasteiger partial charge in [-0.3, -0.25) is 19.2 Å². The smallest absolute Gasteiger partial charge is 0.309 e. The van der Waals surface area contributed by atoms with E-state index in [0.29, 0.717) is 30.7 Å². The van der Waals surface area contributed by atoms with Crippen molar-refractivity contribution in [1.29, 1.82) is 0 Å². The third kappa shape index (κ3) is 13.7. The molecule has 2 amide bonds. The number of esters is 2. The molecule has 0 saturated carbocycles. The van der Waals surface area contributed by atoms with Gasteiger partial charge < -0.3 is 25.4 Å². The number of carbonyl (C=O) groups excluding carboxylic acids is 4. The van der Waals surface area contributed by atoms with Gasteiger partial charge in [0.2, 0.25) is 5.91 Å². The predicted octanol–water partition coefficient (Wildman–Crippen LogP) is 6.65. The van der Waals surface area contributed by atoms with Crippen molar-refractivity contribution in [2.75, 3.05) is 13.7 Å². The van der Waals surface area contributed by atoms with Crippen LogP contribution in [0, 0.1) is 17.8 Å². The normalized spacial score (nSPS) is 15.0. The van der Waals surface area contributed by atoms with Gasteiger partial charge >= 0.3 is 11.9 Å². The van der Waals surface area contributed by atoms with Gasteiger partial charge in [0.1, 0.15) is 17.3 Å². The summed E-state index contributed by atoms with van der Waals surface area (Å²) in [5, 5.41) is 5.21. The molecular weight excluding hydrogens is 641 g/mol. The average molecular weight is 699 g/mol. The van der Waals surface area contributed by atoms with Crippen molar-refractivity contribution in [3.63, 3.8) is 0 Å². The van der Waals surface area contributed by atoms with E-state index in [1.54, 1.807) is 24.3 Å². The molecule has 0 unspecified atom stereocenters. The van der Waals surface area contributed by atoms with Crippen LogP contribution < -0.4 is 11.1 Å². The molecule has 272 valence electrons. The van der Waals surface area contributed by atoms with Gasteiger partial charge in [-0.25, -0.2) is 4.98 Å². The Hall–Kier alpha value is -3.57. The van der Waals surface area contributed by atoms with E-state index in [2.05, 4.69) is 23.8 Å². The third-order valence-corrected chi connectivity index (χ3v) is 9.88. The highest BCUT2D eigenvalue weighted by Gasteiger charge is 2.34. The number of rotatable bonds is 22. The molecule has 0 aliphatic rings. The highest BCUT2D eigenvalue weighted by atomic mass is 32.1. The van der Waals surface area contributed by atoms with Crippen LogP contribution >= 0.6 is 11.3 Å². The van der Waals surface area contributed by atoms with Gasteiger partial charge in [-0.05, 0) is 36.7 Å². The van der Waals surface area contributed by atoms with Crippen LogP contribution in [0.25, 0.3) is 0 Å². The number of thiazole rings is 1. The predicted molar refractivity (Wildman–Crippen MR) is 195 cm³/mol. The Kier molecular flexibility index (Phi) is 18.3. The summed E-state index contributed by atoms with van der Waals surface area (Å²) in [5.74, 6) is -1.67. The zero-order valence-corrected chi connectivity index (χ0v) is 31.3. The van der Waals surface area contributed by atoms with Gasteiger partial charge in [0, 0.05) is 37.4 Å². The van der Waals surface area contributed by atoms with Gasteiger partial charge in [0.25, 0.3) is 5.91 Å². The summed E-state index contributed by atoms with van der Waals surface area (Å²) in [7, 11) is 1.75. The maximum absolute atomic E-state index is 13.6. The number of benzene rings is 1. The van der Waals surface area contributed by atoms with Gasteiger partial charge in [-0.1, -0.05) is 104 Å². The van der Waals surface area contributed by atoms with Crippen molar-refractivity contribution in [3.8, 4) is 0 Å². The van der Waals surface area contributed by atoms with E-state index in [9.17, 15) is 19.2 Å². The Morgan fingerprint density at radius 2 is 1.76 bits per heavy atom. The molecule has 2 rings (SSSR count). The monoisotopic (exact) mass is 698 g/mol. The summed E-state index contributed by atoms with van der Waals surface area (Å²) in [5.41, 5.74) is 7.54. The number of nitrogens with one attached hydrogen (secondary N) is 1. The van der Waals surface area contributed by atoms with Crippen molar-refractivity contribution < 1.29 is 28.7 Å². The van der Waals surface area contributed by atoms with Gasteiger partial charge in [-0.15, -0.1) is 11.3 Å². The molecule has 1 heterocycles. The van der Waals surface area contributed by atoms with Crippen LogP contribution in [0.2, 0.25) is 0 Å². The zero-order valence-electron chi connectivity index (χ0n) is 30.5. The van der Waals surface area contributed by atoms with Crippen LogP contribution in [-0.2, 0) is 30.3 Å². The summed E-state index contributed by atoms with van der Waals surface area (Å²) in [4.78, 5) is 58.9. The lowest BCUT2D eigenvalue weighted by Gasteiger charge is -2.35. The van der Waals surface area contributed by atoms with E-state index in [1.165, 1.54) is 17.4 Å². The summed E-state index contributed by atoms with van der Waals surface area (Å²) in [6.45, 7) is 15.6. The van der Waals surface area contributed by atoms with Crippen LogP contribution in [0.1, 0.15) is 114 Å². The Balaban J connectivity index is 2.34. The first-order chi connectivity index (χ1) is 23.3. The number of hydrogen-bond donors (Lipinski definition) is 2. The van der Waals surface area contributed by atoms with E-state index in [4.69, 9.17) is 15.2 Å². The summed E-state index contributed by atoms with van der Waals surface area (Å²) >= 11 is 1.24. The molecule has 0 aliphatic carbocycles. The van der Waals surface area contributed by atoms with E-state index in [-0.39, 0.29) is 60.5 Å². The second kappa shape index (κ2) is 21.5. The molecule has 3 N–H and O–H groups in total. The third-order valence-electron chi connectivity index (χ3n) is 8.94. The number of nitrogens with two attached hydrogens (primary N) is 1. The fourth-order valence-corrected chi connectivity index (χ4v) is 6.47. The van der Waals surface area contributed by atoms with E-state index >= 15 is 0 Å². The van der Waals surface area contributed by atoms with Gasteiger partial charge in [0.15, 0.2) is 6.10 Å². The Morgan fingerprint density at radius 3 is 2.37 bits per heavy atom. The molecule has 0 bridgehead atoms. The lowest BCUT2D eigenvalue weighted by Crippen LogP contribution is -2.51. The first-order valence-electron chi connectivity index (χ1n) is 17.6. The van der Waals surface area contributed by atoms with Crippen molar-refractivity contribution in [3.05, 3.63) is 64.6 Å². The highest BCUT2D eigenvalue weighted by molar-refractivity contribution is 7.09. The van der Waals surface area contributed by atoms with Crippen LogP contribution in [0.5, 0.6) is 0 Å². The molecule has 1 aromatic carbocycles. The molecular formula is C38H58N4O6S. The van der Waals surface area contributed by atoms with E-state index in [0.717, 1.165) is 24.8 Å². The molecule has 6 atom stereocenters. The van der Waals surface area contributed by atoms with Crippen molar-refractivity contribution >= 4 is 35.1 Å². The fourth-order valence-electron chi connectivity index (χ4n) is 5.63. The molecule has 0 radical (unpaired) electrons. The van der Waals surface area contributed by atoms with Crippen LogP contribution in [0.15, 0.2) is 48.4 Å². The molecule has 0 fully saturated rings. The number of aromatic nitrogens is 1. The fraction of sp³-hybridized carbons (Fsp3) is 0.605. The molecule has 1 aromatic heterocycles. The summed E-state index contributed by atoms with van der Waals surface area (Å²) in [6.07, 6.45) is 5.59. The topological polar surface area (TPSA) is 141 Å². The molecule has 11 heteroatoms. The Morgan fingerprint density at radius 1 is 1.06 bits per heavy atom. The summed E-state index contributed by atoms with van der Waals surface area (Å²) < 4.78 is 11.3. The molecule has 2 aromatic rings. The molecule has 49 heavy (non-hydrogen) atoms. The lowest BCUT2D eigenvalue weighted by atomic mass is 9.93. The standard InChI is InChI=1S/C38H58N4O6S/c1-9-12-14-19-33(43)48-32(23-31(25(4)5)42(8)37(45)34(39)26(6)11-3)36-41-30(24-49-36)35(44)40-29(22-28-17-15-13-16-18-28)21-27(7)38(46)47-20-10-2/h10,13,15-18,24-27,29,31-32,34H,2,9,11-12,14,19-23,39H2,1,3-8H3,(H,40,44)/t26-,27-,29+,31+,32+,34-/m0/s1. The second-order valence-electron chi connectivity index (χ2n) is 13.3. The number of nitrogens with zero attached hydrogens (tertiary/aromatic N) is 2. The first kappa shape index (κ1) is 41.6. The first-order valence-corrected chi connectivity index (χ1v) is 18.5. The Bertz CT molecular complexity index is 1330. The van der Waals surface area contributed by atoms with Gasteiger partial charge in [0.05, 0.1) is 12.0 Å². The quantitative estimate of drug-likeness (QED) is 0.0791. The van der Waals surface area contributed by atoms with Crippen molar-refractivity contribution in [1.82, 2.24) is 15.2 Å². The molecule has 10 nitrogen and oxygen atoms in total. The Labute approximate surface area is 297 Å². The zero-order chi connectivity index (χ0) is 36.5. The van der Waals surface area contributed by atoms with Crippen molar-refractivity contribution in [2.24, 2.45) is 23.5 Å². The minimum absolute atomic E-state index is 0.0153.